The zero-order valence-corrected chi connectivity index (χ0v) is 17.5. The van der Waals surface area contributed by atoms with Crippen LogP contribution >= 0.6 is 12.4 Å². The van der Waals surface area contributed by atoms with E-state index in [0.29, 0.717) is 23.7 Å². The van der Waals surface area contributed by atoms with Crippen LogP contribution < -0.4 is 20.1 Å². The Kier molecular flexibility index (Phi) is 8.25. The van der Waals surface area contributed by atoms with Crippen LogP contribution in [0.3, 0.4) is 0 Å². The molecule has 152 valence electrons. The maximum absolute atomic E-state index is 12.4. The number of halogens is 1. The first-order valence-electron chi connectivity index (χ1n) is 8.55. The summed E-state index contributed by atoms with van der Waals surface area (Å²) in [5, 5.41) is 5.50. The predicted octanol–water partition coefficient (Wildman–Crippen LogP) is 4.06. The molecule has 7 nitrogen and oxygen atoms in total. The van der Waals surface area contributed by atoms with Gasteiger partial charge in [0.05, 0.1) is 12.8 Å². The quantitative estimate of drug-likeness (QED) is 0.576. The third-order valence-electron chi connectivity index (χ3n) is 3.78. The van der Waals surface area contributed by atoms with Gasteiger partial charge in [0.15, 0.2) is 5.75 Å². The molecule has 0 aliphatic heterocycles. The number of urea groups is 1. The molecule has 1 aromatic carbocycles. The van der Waals surface area contributed by atoms with Crippen molar-refractivity contribution in [2.45, 2.75) is 39.7 Å². The number of rotatable bonds is 5. The summed E-state index contributed by atoms with van der Waals surface area (Å²) >= 11 is 0. The molecule has 1 heterocycles. The molecule has 0 bridgehead atoms. The van der Waals surface area contributed by atoms with Crippen molar-refractivity contribution in [3.63, 3.8) is 0 Å². The number of pyridine rings is 1. The molecular weight excluding hydrogens is 382 g/mol. The van der Waals surface area contributed by atoms with Crippen molar-refractivity contribution in [1.82, 2.24) is 10.3 Å². The van der Waals surface area contributed by atoms with E-state index in [2.05, 4.69) is 15.6 Å². The van der Waals surface area contributed by atoms with Gasteiger partial charge in [-0.05, 0) is 23.1 Å². The summed E-state index contributed by atoms with van der Waals surface area (Å²) in [6.45, 7) is 7.60. The minimum Gasteiger partial charge on any atom is -0.497 e. The first-order chi connectivity index (χ1) is 12.7. The molecular formula is C20H26ClN3O4. The molecule has 8 heteroatoms. The summed E-state index contributed by atoms with van der Waals surface area (Å²) in [5.74, 6) is 0.398. The second kappa shape index (κ2) is 9.94. The minimum absolute atomic E-state index is 0. The molecule has 0 aliphatic rings. The second-order valence-electron chi connectivity index (χ2n) is 7.06. The Hall–Kier alpha value is -2.80. The Bertz CT molecular complexity index is 820. The monoisotopic (exact) mass is 407 g/mol. The van der Waals surface area contributed by atoms with Crippen molar-refractivity contribution < 1.29 is 19.1 Å². The Balaban J connectivity index is 0.00000392. The standard InChI is InChI=1S/C20H25N3O4.ClH/c1-13(24)27-18-16(20(2,3)4)9-15(26-5)10-17(18)23-19(25)22-12-14-7-6-8-21-11-14;/h6-11H,12H2,1-5H3,(H2,22,23,25);1H. The lowest BCUT2D eigenvalue weighted by atomic mass is 9.85. The fourth-order valence-corrected chi connectivity index (χ4v) is 2.48. The molecule has 0 aliphatic carbocycles. The number of carbonyl (C=O) groups is 2. The fourth-order valence-electron chi connectivity index (χ4n) is 2.48. The summed E-state index contributed by atoms with van der Waals surface area (Å²) in [7, 11) is 1.54. The number of hydrogen-bond acceptors (Lipinski definition) is 5. The number of benzene rings is 1. The molecule has 2 rings (SSSR count). The number of hydrogen-bond donors (Lipinski definition) is 2. The fraction of sp³-hybridized carbons (Fsp3) is 0.350. The largest absolute Gasteiger partial charge is 0.497 e. The summed E-state index contributed by atoms with van der Waals surface area (Å²) < 4.78 is 10.8. The van der Waals surface area contributed by atoms with Gasteiger partial charge < -0.3 is 20.1 Å². The first-order valence-corrected chi connectivity index (χ1v) is 8.55. The first kappa shape index (κ1) is 23.2. The topological polar surface area (TPSA) is 89.6 Å². The Morgan fingerprint density at radius 3 is 2.46 bits per heavy atom. The van der Waals surface area contributed by atoms with Crippen molar-refractivity contribution in [3.05, 3.63) is 47.8 Å². The number of amides is 2. The SMILES string of the molecule is COc1cc(NC(=O)NCc2cccnc2)c(OC(C)=O)c(C(C)(C)C)c1.Cl. The van der Waals surface area contributed by atoms with Crippen LogP contribution in [0.1, 0.15) is 38.8 Å². The van der Waals surface area contributed by atoms with Gasteiger partial charge in [-0.15, -0.1) is 12.4 Å². The van der Waals surface area contributed by atoms with Crippen molar-refractivity contribution in [3.8, 4) is 11.5 Å². The molecule has 2 aromatic rings. The lowest BCUT2D eigenvalue weighted by Crippen LogP contribution is -2.29. The molecule has 1 aromatic heterocycles. The molecule has 28 heavy (non-hydrogen) atoms. The zero-order chi connectivity index (χ0) is 20.0. The van der Waals surface area contributed by atoms with Gasteiger partial charge in [-0.3, -0.25) is 9.78 Å². The van der Waals surface area contributed by atoms with Crippen LogP contribution in [0.5, 0.6) is 11.5 Å². The maximum atomic E-state index is 12.4. The summed E-state index contributed by atoms with van der Waals surface area (Å²) in [4.78, 5) is 28.0. The molecule has 0 spiro atoms. The highest BCUT2D eigenvalue weighted by atomic mass is 35.5. The highest BCUT2D eigenvalue weighted by Crippen LogP contribution is 2.40. The van der Waals surface area contributed by atoms with E-state index in [1.54, 1.807) is 37.7 Å². The molecule has 2 amide bonds. The smallest absolute Gasteiger partial charge is 0.319 e. The van der Waals surface area contributed by atoms with Crippen molar-refractivity contribution in [2.24, 2.45) is 0 Å². The normalized spacial score (nSPS) is 10.5. The van der Waals surface area contributed by atoms with E-state index in [1.807, 2.05) is 26.8 Å². The van der Waals surface area contributed by atoms with E-state index in [-0.39, 0.29) is 17.8 Å². The van der Waals surface area contributed by atoms with Crippen LogP contribution in [-0.4, -0.2) is 24.1 Å². The van der Waals surface area contributed by atoms with Crippen LogP contribution in [0.2, 0.25) is 0 Å². The summed E-state index contributed by atoms with van der Waals surface area (Å²) in [6.07, 6.45) is 3.34. The van der Waals surface area contributed by atoms with E-state index in [1.165, 1.54) is 6.92 Å². The van der Waals surface area contributed by atoms with Gasteiger partial charge >= 0.3 is 12.0 Å². The van der Waals surface area contributed by atoms with Gasteiger partial charge in [0.1, 0.15) is 5.75 Å². The van der Waals surface area contributed by atoms with Crippen molar-refractivity contribution >= 4 is 30.1 Å². The lowest BCUT2D eigenvalue weighted by molar-refractivity contribution is -0.131. The van der Waals surface area contributed by atoms with Gasteiger partial charge in [-0.25, -0.2) is 4.79 Å². The van der Waals surface area contributed by atoms with E-state index in [4.69, 9.17) is 9.47 Å². The van der Waals surface area contributed by atoms with Crippen molar-refractivity contribution in [2.75, 3.05) is 12.4 Å². The number of anilines is 1. The average Bonchev–Trinajstić information content (AvgIpc) is 2.60. The summed E-state index contributed by atoms with van der Waals surface area (Å²) in [6, 6.07) is 6.65. The third-order valence-corrected chi connectivity index (χ3v) is 3.78. The van der Waals surface area contributed by atoms with Crippen LogP contribution in [0.4, 0.5) is 10.5 Å². The Labute approximate surface area is 171 Å². The van der Waals surface area contributed by atoms with Crippen LogP contribution in [0.25, 0.3) is 0 Å². The highest BCUT2D eigenvalue weighted by Gasteiger charge is 2.25. The number of esters is 1. The second-order valence-corrected chi connectivity index (χ2v) is 7.06. The van der Waals surface area contributed by atoms with Gasteiger partial charge in [-0.1, -0.05) is 26.8 Å². The van der Waals surface area contributed by atoms with Gasteiger partial charge in [0.2, 0.25) is 0 Å². The third kappa shape index (κ3) is 6.42. The maximum Gasteiger partial charge on any atom is 0.319 e. The van der Waals surface area contributed by atoms with Crippen LogP contribution in [0.15, 0.2) is 36.7 Å². The molecule has 0 saturated carbocycles. The number of nitrogens with zero attached hydrogens (tertiary/aromatic N) is 1. The van der Waals surface area contributed by atoms with E-state index < -0.39 is 12.0 Å². The van der Waals surface area contributed by atoms with Gasteiger partial charge in [-0.2, -0.15) is 0 Å². The van der Waals surface area contributed by atoms with Crippen molar-refractivity contribution in [1.29, 1.82) is 0 Å². The zero-order valence-electron chi connectivity index (χ0n) is 16.7. The Morgan fingerprint density at radius 1 is 1.21 bits per heavy atom. The number of aromatic nitrogens is 1. The number of carbonyl (C=O) groups excluding carboxylic acids is 2. The molecule has 0 atom stereocenters. The van der Waals surface area contributed by atoms with E-state index >= 15 is 0 Å². The highest BCUT2D eigenvalue weighted by molar-refractivity contribution is 5.92. The molecule has 2 N–H and O–H groups in total. The predicted molar refractivity (Wildman–Crippen MR) is 110 cm³/mol. The molecule has 0 saturated heterocycles. The number of nitrogens with one attached hydrogen (secondary N) is 2. The van der Waals surface area contributed by atoms with Gasteiger partial charge in [0, 0.05) is 37.5 Å². The van der Waals surface area contributed by atoms with Crippen LogP contribution in [-0.2, 0) is 16.8 Å². The average molecular weight is 408 g/mol. The molecule has 0 radical (unpaired) electrons. The van der Waals surface area contributed by atoms with Crippen LogP contribution in [0, 0.1) is 0 Å². The summed E-state index contributed by atoms with van der Waals surface area (Å²) in [5.41, 5.74) is 1.65. The van der Waals surface area contributed by atoms with Gasteiger partial charge in [0.25, 0.3) is 0 Å². The number of methoxy groups -OCH3 is 1. The Morgan fingerprint density at radius 2 is 1.93 bits per heavy atom. The van der Waals surface area contributed by atoms with E-state index in [9.17, 15) is 9.59 Å². The lowest BCUT2D eigenvalue weighted by Gasteiger charge is -2.25. The molecule has 0 unspecified atom stereocenters. The molecule has 0 fully saturated rings. The van der Waals surface area contributed by atoms with E-state index in [0.717, 1.165) is 11.1 Å². The number of ether oxygens (including phenoxy) is 2. The minimum atomic E-state index is -0.468.